The number of rotatable bonds is 5. The number of benzene rings is 1. The van der Waals surface area contributed by atoms with Gasteiger partial charge >= 0.3 is 5.97 Å². The molecule has 0 unspecified atom stereocenters. The number of esters is 1. The number of nitrogens with two attached hydrogens (primary N) is 1. The van der Waals surface area contributed by atoms with E-state index in [1.54, 1.807) is 7.11 Å². The van der Waals surface area contributed by atoms with Crippen LogP contribution >= 0.6 is 0 Å². The zero-order valence-electron chi connectivity index (χ0n) is 17.1. The third-order valence-corrected chi connectivity index (χ3v) is 8.15. The number of carbonyl (C=O) groups is 1. The number of methoxy groups -OCH3 is 1. The predicted octanol–water partition coefficient (Wildman–Crippen LogP) is 2.28. The van der Waals surface area contributed by atoms with Crippen LogP contribution in [0.2, 0.25) is 0 Å². The van der Waals surface area contributed by atoms with Gasteiger partial charge in [-0.2, -0.15) is 0 Å². The second-order valence-corrected chi connectivity index (χ2v) is 9.63. The van der Waals surface area contributed by atoms with Gasteiger partial charge in [0.15, 0.2) is 0 Å². The van der Waals surface area contributed by atoms with Crippen LogP contribution in [0.1, 0.15) is 45.1 Å². The van der Waals surface area contributed by atoms with Crippen molar-refractivity contribution >= 4 is 5.97 Å². The molecule has 2 aliphatic heterocycles. The van der Waals surface area contributed by atoms with Gasteiger partial charge in [-0.3, -0.25) is 4.79 Å². The predicted molar refractivity (Wildman–Crippen MR) is 104 cm³/mol. The van der Waals surface area contributed by atoms with Crippen molar-refractivity contribution in [3.8, 4) is 5.75 Å². The normalized spacial score (nSPS) is 43.5. The fourth-order valence-corrected chi connectivity index (χ4v) is 6.69. The molecule has 2 aliphatic carbocycles. The van der Waals surface area contributed by atoms with Gasteiger partial charge in [-0.05, 0) is 49.4 Å². The average molecular weight is 387 g/mol. The molecule has 4 aliphatic rings. The Morgan fingerprint density at radius 3 is 2.82 bits per heavy atom. The Hall–Kier alpha value is -1.59. The summed E-state index contributed by atoms with van der Waals surface area (Å²) >= 11 is 0. The zero-order valence-corrected chi connectivity index (χ0v) is 17.1. The minimum absolute atomic E-state index is 0.00533. The minimum Gasteiger partial charge on any atom is -0.497 e. The van der Waals surface area contributed by atoms with Crippen LogP contribution in [-0.2, 0) is 20.8 Å². The van der Waals surface area contributed by atoms with E-state index in [4.69, 9.17) is 14.2 Å². The molecule has 0 amide bonds. The molecule has 1 aromatic carbocycles. The highest BCUT2D eigenvalue weighted by atomic mass is 16.6. The van der Waals surface area contributed by atoms with E-state index in [-0.39, 0.29) is 41.0 Å². The molecular weight excluding hydrogens is 354 g/mol. The highest BCUT2D eigenvalue weighted by Crippen LogP contribution is 2.70. The van der Waals surface area contributed by atoms with Gasteiger partial charge in [-0.15, -0.1) is 0 Å². The Morgan fingerprint density at radius 1 is 1.29 bits per heavy atom. The first kappa shape index (κ1) is 18.4. The Kier molecular flexibility index (Phi) is 4.25. The molecule has 0 bridgehead atoms. The van der Waals surface area contributed by atoms with Crippen molar-refractivity contribution in [3.05, 3.63) is 29.8 Å². The lowest BCUT2D eigenvalue weighted by Crippen LogP contribution is -2.84. The molecule has 2 saturated carbocycles. The monoisotopic (exact) mass is 386 g/mol. The fraction of sp³-hybridized carbons (Fsp3) is 0.696. The van der Waals surface area contributed by atoms with Crippen molar-refractivity contribution in [1.82, 2.24) is 0 Å². The van der Waals surface area contributed by atoms with Crippen LogP contribution in [0.4, 0.5) is 0 Å². The molecule has 7 atom stereocenters. The largest absolute Gasteiger partial charge is 0.497 e. The molecule has 0 radical (unpaired) electrons. The van der Waals surface area contributed by atoms with Crippen LogP contribution in [0.15, 0.2) is 24.3 Å². The third-order valence-electron chi connectivity index (χ3n) is 8.15. The van der Waals surface area contributed by atoms with Gasteiger partial charge in [-0.1, -0.05) is 20.3 Å². The summed E-state index contributed by atoms with van der Waals surface area (Å²) in [6.45, 7) is 6.35. The molecule has 5 heteroatoms. The minimum atomic E-state index is -0.0497. The summed E-state index contributed by atoms with van der Waals surface area (Å²) in [6, 6.07) is 8.13. The van der Waals surface area contributed by atoms with Crippen molar-refractivity contribution in [2.75, 3.05) is 13.7 Å². The van der Waals surface area contributed by atoms with Crippen LogP contribution in [-0.4, -0.2) is 37.4 Å². The topological polar surface area (TPSA) is 64.7 Å². The number of quaternary nitrogens is 1. The Balaban J connectivity index is 1.27. The quantitative estimate of drug-likeness (QED) is 0.623. The lowest BCUT2D eigenvalue weighted by Gasteiger charge is -2.48. The zero-order chi connectivity index (χ0) is 19.5. The first-order chi connectivity index (χ1) is 13.5. The summed E-state index contributed by atoms with van der Waals surface area (Å²) in [6.07, 6.45) is 4.93. The van der Waals surface area contributed by atoms with Crippen LogP contribution in [0, 0.1) is 23.2 Å². The number of fused-ring (bicyclic) bond motifs is 2. The molecule has 2 saturated heterocycles. The van der Waals surface area contributed by atoms with Gasteiger partial charge < -0.3 is 19.5 Å². The second-order valence-electron chi connectivity index (χ2n) is 9.63. The van der Waals surface area contributed by atoms with Crippen LogP contribution in [0.3, 0.4) is 0 Å². The van der Waals surface area contributed by atoms with E-state index in [9.17, 15) is 4.79 Å². The smallest absolute Gasteiger partial charge is 0.315 e. The fourth-order valence-electron chi connectivity index (χ4n) is 6.69. The number of ether oxygens (including phenoxy) is 3. The molecule has 2 N–H and O–H groups in total. The molecule has 0 aromatic heterocycles. The van der Waals surface area contributed by atoms with E-state index in [2.05, 4.69) is 31.3 Å². The van der Waals surface area contributed by atoms with E-state index >= 15 is 0 Å². The maximum absolute atomic E-state index is 12.7. The van der Waals surface area contributed by atoms with Gasteiger partial charge in [0.1, 0.15) is 29.9 Å². The Morgan fingerprint density at radius 2 is 2.07 bits per heavy atom. The lowest BCUT2D eigenvalue weighted by molar-refractivity contribution is -0.675. The summed E-state index contributed by atoms with van der Waals surface area (Å²) < 4.78 is 17.6. The number of hydrogen-bond acceptors (Lipinski definition) is 4. The second kappa shape index (κ2) is 6.46. The SMILES string of the molecule is COc1ccc(C[NH2+]C[C@@H]2C(=O)O[C@@H]3C[C@@]4(C)CCC[C@@H](C)[C@@]45O[C@H]5[C@H]23)cc1. The highest BCUT2D eigenvalue weighted by Gasteiger charge is 2.78. The molecule has 152 valence electrons. The van der Waals surface area contributed by atoms with Crippen molar-refractivity contribution in [2.24, 2.45) is 23.2 Å². The van der Waals surface area contributed by atoms with E-state index in [1.807, 2.05) is 12.1 Å². The summed E-state index contributed by atoms with van der Waals surface area (Å²) in [4.78, 5) is 12.7. The van der Waals surface area contributed by atoms with Gasteiger partial charge in [0.25, 0.3) is 0 Å². The summed E-state index contributed by atoms with van der Waals surface area (Å²) in [7, 11) is 1.68. The van der Waals surface area contributed by atoms with E-state index in [0.717, 1.165) is 25.3 Å². The maximum atomic E-state index is 12.7. The lowest BCUT2D eigenvalue weighted by atomic mass is 9.53. The highest BCUT2D eigenvalue weighted by molar-refractivity contribution is 5.76. The molecule has 5 nitrogen and oxygen atoms in total. The third kappa shape index (κ3) is 2.55. The van der Waals surface area contributed by atoms with Crippen molar-refractivity contribution < 1.29 is 24.3 Å². The van der Waals surface area contributed by atoms with Gasteiger partial charge in [0, 0.05) is 16.9 Å². The first-order valence-corrected chi connectivity index (χ1v) is 10.8. The molecule has 4 fully saturated rings. The standard InChI is InChI=1S/C23H31NO4/c1-14-5-4-10-22(2)11-18-19(20-23(14,22)28-20)17(21(25)27-18)13-24-12-15-6-8-16(26-3)9-7-15/h6-9,14,17-20,24H,4-5,10-13H2,1-3H3/p+1/t14-,17+,18-,19-,20+,22-,23+/m1/s1. The van der Waals surface area contributed by atoms with Crippen molar-refractivity contribution in [3.63, 3.8) is 0 Å². The molecule has 1 aromatic rings. The van der Waals surface area contributed by atoms with E-state index in [0.29, 0.717) is 5.92 Å². The summed E-state index contributed by atoms with van der Waals surface area (Å²) in [5.41, 5.74) is 1.40. The number of epoxide rings is 1. The van der Waals surface area contributed by atoms with Crippen molar-refractivity contribution in [1.29, 1.82) is 0 Å². The average Bonchev–Trinajstić information content (AvgIpc) is 3.36. The van der Waals surface area contributed by atoms with Crippen LogP contribution in [0.5, 0.6) is 5.75 Å². The van der Waals surface area contributed by atoms with Gasteiger partial charge in [0.05, 0.1) is 19.8 Å². The molecule has 28 heavy (non-hydrogen) atoms. The molecule has 5 rings (SSSR count). The maximum Gasteiger partial charge on any atom is 0.315 e. The summed E-state index contributed by atoms with van der Waals surface area (Å²) in [5, 5.41) is 2.24. The van der Waals surface area contributed by atoms with Crippen LogP contribution < -0.4 is 10.1 Å². The van der Waals surface area contributed by atoms with Gasteiger partial charge in [-0.25, -0.2) is 0 Å². The first-order valence-electron chi connectivity index (χ1n) is 10.8. The van der Waals surface area contributed by atoms with E-state index in [1.165, 1.54) is 24.8 Å². The Bertz CT molecular complexity index is 764. The van der Waals surface area contributed by atoms with Crippen LogP contribution in [0.25, 0.3) is 0 Å². The van der Waals surface area contributed by atoms with E-state index < -0.39 is 0 Å². The van der Waals surface area contributed by atoms with Gasteiger partial charge in [0.2, 0.25) is 0 Å². The number of hydrogen-bond donors (Lipinski definition) is 1. The number of carbonyl (C=O) groups excluding carboxylic acids is 1. The molecule has 1 spiro atoms. The summed E-state index contributed by atoms with van der Waals surface area (Å²) in [5.74, 6) is 1.62. The molecule has 2 heterocycles. The molecular formula is C23H32NO4+. The Labute approximate surface area is 167 Å². The van der Waals surface area contributed by atoms with Crippen molar-refractivity contribution in [2.45, 2.75) is 63.9 Å².